The van der Waals surface area contributed by atoms with Gasteiger partial charge in [-0.2, -0.15) is 4.99 Å². The summed E-state index contributed by atoms with van der Waals surface area (Å²) in [5, 5.41) is 2.15. The maximum Gasteiger partial charge on any atom is 0.326 e. The van der Waals surface area contributed by atoms with Crippen LogP contribution in [-0.2, 0) is 16.1 Å². The van der Waals surface area contributed by atoms with Crippen molar-refractivity contribution in [2.75, 3.05) is 13.2 Å². The molecule has 0 saturated carbocycles. The standard InChI is InChI=1S/C27H28N2O4S/c1-3-5-8-17-33-21-14-11-20(12-15-21)26(31)28-27-29(18-24(30)32-4-2)23-16-13-19-9-6-7-10-22(19)25(23)34-27/h6-7,9-16H,3-5,8,17-18H2,1-2H3. The lowest BCUT2D eigenvalue weighted by Crippen LogP contribution is -2.23. The first-order valence-electron chi connectivity index (χ1n) is 11.6. The molecule has 1 heterocycles. The number of aromatic nitrogens is 1. The molecule has 0 fully saturated rings. The van der Waals surface area contributed by atoms with Gasteiger partial charge >= 0.3 is 5.97 Å². The highest BCUT2D eigenvalue weighted by atomic mass is 32.1. The van der Waals surface area contributed by atoms with Crippen LogP contribution in [0.25, 0.3) is 21.0 Å². The van der Waals surface area contributed by atoms with Crippen LogP contribution in [0, 0.1) is 0 Å². The van der Waals surface area contributed by atoms with Gasteiger partial charge in [0.1, 0.15) is 12.3 Å². The SMILES string of the molecule is CCCCCOc1ccc(C(=O)N=c2sc3c4ccccc4ccc3n2CC(=O)OCC)cc1. The molecule has 0 unspecified atom stereocenters. The van der Waals surface area contributed by atoms with Crippen molar-refractivity contribution in [3.63, 3.8) is 0 Å². The van der Waals surface area contributed by atoms with Gasteiger partial charge < -0.3 is 14.0 Å². The quantitative estimate of drug-likeness (QED) is 0.229. The second-order valence-corrected chi connectivity index (χ2v) is 8.89. The summed E-state index contributed by atoms with van der Waals surface area (Å²) >= 11 is 1.40. The van der Waals surface area contributed by atoms with Crippen molar-refractivity contribution in [3.05, 3.63) is 71.0 Å². The number of carbonyl (C=O) groups is 2. The fourth-order valence-corrected chi connectivity index (χ4v) is 4.92. The number of hydrogen-bond acceptors (Lipinski definition) is 5. The Hall–Kier alpha value is -3.45. The Labute approximate surface area is 202 Å². The Kier molecular flexibility index (Phi) is 7.75. The van der Waals surface area contributed by atoms with Gasteiger partial charge in [0.15, 0.2) is 4.80 Å². The zero-order valence-corrected chi connectivity index (χ0v) is 20.3. The first-order chi connectivity index (χ1) is 16.6. The van der Waals surface area contributed by atoms with E-state index in [9.17, 15) is 9.59 Å². The molecule has 0 aliphatic rings. The Balaban J connectivity index is 1.69. The summed E-state index contributed by atoms with van der Waals surface area (Å²) in [6.45, 7) is 4.87. The van der Waals surface area contributed by atoms with Crippen LogP contribution < -0.4 is 9.54 Å². The monoisotopic (exact) mass is 476 g/mol. The lowest BCUT2D eigenvalue weighted by molar-refractivity contribution is -0.143. The minimum absolute atomic E-state index is 0.0111. The predicted molar refractivity (Wildman–Crippen MR) is 135 cm³/mol. The third-order valence-corrected chi connectivity index (χ3v) is 6.61. The molecule has 34 heavy (non-hydrogen) atoms. The molecular formula is C27H28N2O4S. The highest BCUT2D eigenvalue weighted by molar-refractivity contribution is 7.17. The van der Waals surface area contributed by atoms with Crippen LogP contribution in [0.4, 0.5) is 0 Å². The van der Waals surface area contributed by atoms with E-state index >= 15 is 0 Å². The topological polar surface area (TPSA) is 69.9 Å². The van der Waals surface area contributed by atoms with Crippen molar-refractivity contribution < 1.29 is 19.1 Å². The Morgan fingerprint density at radius 2 is 1.76 bits per heavy atom. The second kappa shape index (κ2) is 11.1. The van der Waals surface area contributed by atoms with E-state index in [-0.39, 0.29) is 18.4 Å². The summed E-state index contributed by atoms with van der Waals surface area (Å²) in [4.78, 5) is 30.2. The molecule has 0 aliphatic heterocycles. The van der Waals surface area contributed by atoms with E-state index in [0.29, 0.717) is 23.6 Å². The lowest BCUT2D eigenvalue weighted by atomic mass is 10.1. The fourth-order valence-electron chi connectivity index (χ4n) is 3.76. The molecule has 0 spiro atoms. The smallest absolute Gasteiger partial charge is 0.326 e. The van der Waals surface area contributed by atoms with Gasteiger partial charge in [-0.05, 0) is 49.1 Å². The van der Waals surface area contributed by atoms with Gasteiger partial charge in [0.2, 0.25) is 0 Å². The summed E-state index contributed by atoms with van der Waals surface area (Å²) in [6, 6.07) is 19.0. The number of carbonyl (C=O) groups excluding carboxylic acids is 2. The maximum atomic E-state index is 13.0. The highest BCUT2D eigenvalue weighted by Gasteiger charge is 2.15. The van der Waals surface area contributed by atoms with Crippen molar-refractivity contribution in [1.29, 1.82) is 0 Å². The van der Waals surface area contributed by atoms with Crippen molar-refractivity contribution in [2.45, 2.75) is 39.7 Å². The number of thiazole rings is 1. The van der Waals surface area contributed by atoms with E-state index < -0.39 is 0 Å². The second-order valence-electron chi connectivity index (χ2n) is 7.91. The Morgan fingerprint density at radius 3 is 2.53 bits per heavy atom. The summed E-state index contributed by atoms with van der Waals surface area (Å²) in [5.41, 5.74) is 1.31. The molecule has 1 aromatic heterocycles. The number of benzene rings is 3. The van der Waals surface area contributed by atoms with E-state index in [1.54, 1.807) is 35.8 Å². The van der Waals surface area contributed by atoms with Crippen LogP contribution >= 0.6 is 11.3 Å². The van der Waals surface area contributed by atoms with Gasteiger partial charge in [-0.1, -0.05) is 61.4 Å². The van der Waals surface area contributed by atoms with Crippen molar-refractivity contribution in [1.82, 2.24) is 4.57 Å². The predicted octanol–water partition coefficient (Wildman–Crippen LogP) is 5.73. The molecule has 4 rings (SSSR count). The highest BCUT2D eigenvalue weighted by Crippen LogP contribution is 2.27. The average molecular weight is 477 g/mol. The first kappa shape index (κ1) is 23.7. The van der Waals surface area contributed by atoms with Gasteiger partial charge in [0.05, 0.1) is 23.4 Å². The van der Waals surface area contributed by atoms with Crippen molar-refractivity contribution >= 4 is 44.2 Å². The average Bonchev–Trinajstić information content (AvgIpc) is 3.19. The number of amides is 1. The zero-order valence-electron chi connectivity index (χ0n) is 19.5. The van der Waals surface area contributed by atoms with Gasteiger partial charge in [-0.3, -0.25) is 9.59 Å². The van der Waals surface area contributed by atoms with Crippen LogP contribution in [0.2, 0.25) is 0 Å². The van der Waals surface area contributed by atoms with Crippen LogP contribution in [0.15, 0.2) is 65.7 Å². The van der Waals surface area contributed by atoms with E-state index in [2.05, 4.69) is 11.9 Å². The molecule has 7 heteroatoms. The van der Waals surface area contributed by atoms with Crippen LogP contribution in [0.1, 0.15) is 43.5 Å². The molecule has 1 amide bonds. The molecule has 0 radical (unpaired) electrons. The summed E-state index contributed by atoms with van der Waals surface area (Å²) in [5.74, 6) is -0.00167. The van der Waals surface area contributed by atoms with Crippen molar-refractivity contribution in [3.8, 4) is 5.75 Å². The summed E-state index contributed by atoms with van der Waals surface area (Å²) in [7, 11) is 0. The minimum atomic E-state index is -0.369. The molecule has 0 atom stereocenters. The van der Waals surface area contributed by atoms with Gasteiger partial charge in [-0.25, -0.2) is 0 Å². The largest absolute Gasteiger partial charge is 0.494 e. The van der Waals surface area contributed by atoms with E-state index in [4.69, 9.17) is 9.47 Å². The third kappa shape index (κ3) is 5.37. The Bertz CT molecular complexity index is 1370. The number of esters is 1. The van der Waals surface area contributed by atoms with Crippen LogP contribution in [-0.4, -0.2) is 29.7 Å². The molecule has 4 aromatic rings. The fraction of sp³-hybridized carbons (Fsp3) is 0.296. The number of nitrogens with zero attached hydrogens (tertiary/aromatic N) is 2. The molecule has 3 aromatic carbocycles. The van der Waals surface area contributed by atoms with Gasteiger partial charge in [-0.15, -0.1) is 0 Å². The van der Waals surface area contributed by atoms with Gasteiger partial charge in [0.25, 0.3) is 5.91 Å². The van der Waals surface area contributed by atoms with Crippen LogP contribution in [0.3, 0.4) is 0 Å². The number of rotatable bonds is 9. The minimum Gasteiger partial charge on any atom is -0.494 e. The van der Waals surface area contributed by atoms with E-state index in [1.807, 2.05) is 36.4 Å². The van der Waals surface area contributed by atoms with Crippen LogP contribution in [0.5, 0.6) is 5.75 Å². The zero-order chi connectivity index (χ0) is 23.9. The molecule has 0 bridgehead atoms. The molecular weight excluding hydrogens is 448 g/mol. The summed E-state index contributed by atoms with van der Waals surface area (Å²) in [6.07, 6.45) is 3.28. The lowest BCUT2D eigenvalue weighted by Gasteiger charge is -2.06. The first-order valence-corrected chi connectivity index (χ1v) is 12.4. The summed E-state index contributed by atoms with van der Waals surface area (Å²) < 4.78 is 13.6. The molecule has 176 valence electrons. The van der Waals surface area contributed by atoms with Crippen molar-refractivity contribution in [2.24, 2.45) is 4.99 Å². The number of ether oxygens (including phenoxy) is 2. The molecule has 0 saturated heterocycles. The Morgan fingerprint density at radius 1 is 0.971 bits per heavy atom. The van der Waals surface area contributed by atoms with E-state index in [1.165, 1.54) is 11.3 Å². The molecule has 6 nitrogen and oxygen atoms in total. The van der Waals surface area contributed by atoms with Gasteiger partial charge in [0, 0.05) is 10.9 Å². The third-order valence-electron chi connectivity index (χ3n) is 5.48. The normalized spacial score (nSPS) is 11.8. The maximum absolute atomic E-state index is 13.0. The number of fused-ring (bicyclic) bond motifs is 3. The number of unbranched alkanes of at least 4 members (excludes halogenated alkanes) is 2. The number of hydrogen-bond donors (Lipinski definition) is 0. The molecule has 0 aliphatic carbocycles. The van der Waals surface area contributed by atoms with E-state index in [0.717, 1.165) is 46.0 Å². The molecule has 0 N–H and O–H groups in total.